The molecule has 0 aromatic heterocycles. The molecule has 0 amide bonds. The maximum absolute atomic E-state index is 6.59. The van der Waals surface area contributed by atoms with Gasteiger partial charge in [-0.1, -0.05) is 46.9 Å². The highest BCUT2D eigenvalue weighted by Crippen LogP contribution is 2.37. The Morgan fingerprint density at radius 3 is 2.30 bits per heavy atom. The van der Waals surface area contributed by atoms with E-state index in [0.717, 1.165) is 40.6 Å². The third-order valence-electron chi connectivity index (χ3n) is 5.73. The van der Waals surface area contributed by atoms with Gasteiger partial charge in [0.05, 0.1) is 22.8 Å². The first-order valence-electron chi connectivity index (χ1n) is 11.1. The summed E-state index contributed by atoms with van der Waals surface area (Å²) in [6.07, 6.45) is 3.74. The van der Waals surface area contributed by atoms with Gasteiger partial charge in [0.25, 0.3) is 0 Å². The number of benzene rings is 3. The van der Waals surface area contributed by atoms with Crippen LogP contribution in [0.3, 0.4) is 0 Å². The number of rotatable bonds is 8. The van der Waals surface area contributed by atoms with Crippen LogP contribution in [0.1, 0.15) is 30.4 Å². The van der Waals surface area contributed by atoms with E-state index < -0.39 is 0 Å². The average Bonchev–Trinajstić information content (AvgIpc) is 2.83. The predicted molar refractivity (Wildman–Crippen MR) is 139 cm³/mol. The first-order valence-corrected chi connectivity index (χ1v) is 12.2. The molecule has 1 N–H and O–H groups in total. The van der Waals surface area contributed by atoms with E-state index in [0.29, 0.717) is 34.7 Å². The van der Waals surface area contributed by atoms with Crippen molar-refractivity contribution in [3.8, 4) is 11.5 Å². The Balaban J connectivity index is 1.41. The lowest BCUT2D eigenvalue weighted by Crippen LogP contribution is -2.29. The van der Waals surface area contributed by atoms with Gasteiger partial charge in [-0.15, -0.1) is 0 Å². The van der Waals surface area contributed by atoms with Crippen LogP contribution in [0.5, 0.6) is 11.5 Å². The smallest absolute Gasteiger partial charge is 0.180 e. The Morgan fingerprint density at radius 2 is 1.61 bits per heavy atom. The lowest BCUT2D eigenvalue weighted by Gasteiger charge is -2.29. The van der Waals surface area contributed by atoms with Crippen molar-refractivity contribution < 1.29 is 9.47 Å². The molecule has 0 radical (unpaired) electrons. The molecule has 1 saturated heterocycles. The largest absolute Gasteiger partial charge is 0.493 e. The maximum Gasteiger partial charge on any atom is 0.180 e. The normalized spacial score (nSPS) is 13.6. The number of halogens is 3. The van der Waals surface area contributed by atoms with Crippen LogP contribution >= 0.6 is 34.8 Å². The standard InChI is InChI=1S/C26H27Cl3N2O2/c1-32-25-14-19(13-23(29)26(25)33-17-18-5-7-20(27)8-6-18)16-30-21-9-10-24(22(28)15-21)31-11-3-2-4-12-31/h5-10,13-15,30H,2-4,11-12,16-17H2,1H3. The van der Waals surface area contributed by atoms with Gasteiger partial charge in [-0.25, -0.2) is 0 Å². The summed E-state index contributed by atoms with van der Waals surface area (Å²) in [6, 6.07) is 17.5. The molecular formula is C26H27Cl3N2O2. The Morgan fingerprint density at radius 1 is 0.848 bits per heavy atom. The molecule has 4 rings (SSSR count). The number of hydrogen-bond donors (Lipinski definition) is 1. The molecule has 0 bridgehead atoms. The highest BCUT2D eigenvalue weighted by molar-refractivity contribution is 6.33. The third kappa shape index (κ3) is 6.20. The van der Waals surface area contributed by atoms with Crippen LogP contribution in [0.2, 0.25) is 15.1 Å². The minimum atomic E-state index is 0.368. The lowest BCUT2D eigenvalue weighted by atomic mass is 10.1. The van der Waals surface area contributed by atoms with Gasteiger partial charge in [0.2, 0.25) is 0 Å². The molecule has 0 spiro atoms. The van der Waals surface area contributed by atoms with Gasteiger partial charge in [-0.3, -0.25) is 0 Å². The number of methoxy groups -OCH3 is 1. The number of nitrogens with one attached hydrogen (secondary N) is 1. The summed E-state index contributed by atoms with van der Waals surface area (Å²) in [7, 11) is 1.61. The van der Waals surface area contributed by atoms with E-state index >= 15 is 0 Å². The molecule has 3 aromatic carbocycles. The van der Waals surface area contributed by atoms with Gasteiger partial charge in [0, 0.05) is 30.3 Å². The van der Waals surface area contributed by atoms with Crippen molar-refractivity contribution in [2.75, 3.05) is 30.4 Å². The Hall–Kier alpha value is -2.27. The number of hydrogen-bond acceptors (Lipinski definition) is 4. The second-order valence-electron chi connectivity index (χ2n) is 8.09. The summed E-state index contributed by atoms with van der Waals surface area (Å²) >= 11 is 19.1. The predicted octanol–water partition coefficient (Wildman–Crippen LogP) is 7.84. The van der Waals surface area contributed by atoms with Gasteiger partial charge >= 0.3 is 0 Å². The highest BCUT2D eigenvalue weighted by Gasteiger charge is 2.15. The van der Waals surface area contributed by atoms with E-state index in [1.165, 1.54) is 19.3 Å². The molecule has 4 nitrogen and oxygen atoms in total. The van der Waals surface area contributed by atoms with Gasteiger partial charge in [-0.2, -0.15) is 0 Å². The average molecular weight is 506 g/mol. The summed E-state index contributed by atoms with van der Waals surface area (Å²) in [5.74, 6) is 1.11. The Labute approximate surface area is 210 Å². The monoisotopic (exact) mass is 504 g/mol. The molecule has 33 heavy (non-hydrogen) atoms. The first kappa shape index (κ1) is 23.9. The number of anilines is 2. The number of ether oxygens (including phenoxy) is 2. The van der Waals surface area contributed by atoms with Gasteiger partial charge in [0.15, 0.2) is 11.5 Å². The van der Waals surface area contributed by atoms with E-state index in [-0.39, 0.29) is 0 Å². The molecule has 0 unspecified atom stereocenters. The van der Waals surface area contributed by atoms with Crippen molar-refractivity contribution in [3.05, 3.63) is 80.8 Å². The van der Waals surface area contributed by atoms with E-state index in [1.54, 1.807) is 7.11 Å². The molecule has 174 valence electrons. The van der Waals surface area contributed by atoms with Crippen molar-refractivity contribution in [1.82, 2.24) is 0 Å². The van der Waals surface area contributed by atoms with Crippen LogP contribution in [0.15, 0.2) is 54.6 Å². The van der Waals surface area contributed by atoms with Crippen LogP contribution < -0.4 is 19.7 Å². The number of piperidine rings is 1. The fraction of sp³-hybridized carbons (Fsp3) is 0.308. The van der Waals surface area contributed by atoms with Crippen LogP contribution in [0, 0.1) is 0 Å². The van der Waals surface area contributed by atoms with Crippen LogP contribution in [-0.4, -0.2) is 20.2 Å². The van der Waals surface area contributed by atoms with E-state index in [2.05, 4.69) is 22.3 Å². The van der Waals surface area contributed by atoms with E-state index in [1.807, 2.05) is 42.5 Å². The van der Waals surface area contributed by atoms with Crippen LogP contribution in [-0.2, 0) is 13.2 Å². The van der Waals surface area contributed by atoms with E-state index in [4.69, 9.17) is 44.3 Å². The summed E-state index contributed by atoms with van der Waals surface area (Å²) < 4.78 is 11.5. The molecule has 1 aliphatic rings. The van der Waals surface area contributed by atoms with Crippen LogP contribution in [0.4, 0.5) is 11.4 Å². The summed E-state index contributed by atoms with van der Waals surface area (Å²) in [4.78, 5) is 2.36. The summed E-state index contributed by atoms with van der Waals surface area (Å²) in [6.45, 7) is 3.08. The SMILES string of the molecule is COc1cc(CNc2ccc(N3CCCCC3)c(Cl)c2)cc(Cl)c1OCc1ccc(Cl)cc1. The number of nitrogens with zero attached hydrogens (tertiary/aromatic N) is 1. The lowest BCUT2D eigenvalue weighted by molar-refractivity contribution is 0.284. The van der Waals surface area contributed by atoms with Gasteiger partial charge < -0.3 is 19.7 Å². The fourth-order valence-electron chi connectivity index (χ4n) is 3.96. The molecule has 1 heterocycles. The third-order valence-corrected chi connectivity index (χ3v) is 6.56. The topological polar surface area (TPSA) is 33.7 Å². The second-order valence-corrected chi connectivity index (χ2v) is 9.34. The molecular weight excluding hydrogens is 479 g/mol. The Bertz CT molecular complexity index is 1080. The van der Waals surface area contributed by atoms with Crippen molar-refractivity contribution in [2.24, 2.45) is 0 Å². The van der Waals surface area contributed by atoms with Crippen LogP contribution in [0.25, 0.3) is 0 Å². The molecule has 0 atom stereocenters. The minimum absolute atomic E-state index is 0.368. The van der Waals surface area contributed by atoms with E-state index in [9.17, 15) is 0 Å². The van der Waals surface area contributed by atoms with Crippen molar-refractivity contribution in [2.45, 2.75) is 32.4 Å². The summed E-state index contributed by atoms with van der Waals surface area (Å²) in [5.41, 5.74) is 4.03. The van der Waals surface area contributed by atoms with Gasteiger partial charge in [0.1, 0.15) is 6.61 Å². The minimum Gasteiger partial charge on any atom is -0.493 e. The van der Waals surface area contributed by atoms with Gasteiger partial charge in [-0.05, 0) is 72.9 Å². The quantitative estimate of drug-likeness (QED) is 0.338. The Kier molecular flexibility index (Phi) is 8.13. The highest BCUT2D eigenvalue weighted by atomic mass is 35.5. The fourth-order valence-corrected chi connectivity index (χ4v) is 4.68. The van der Waals surface area contributed by atoms with Crippen molar-refractivity contribution in [3.63, 3.8) is 0 Å². The molecule has 1 fully saturated rings. The van der Waals surface area contributed by atoms with Crippen molar-refractivity contribution >= 4 is 46.2 Å². The molecule has 0 saturated carbocycles. The zero-order valence-corrected chi connectivity index (χ0v) is 20.8. The molecule has 3 aromatic rings. The summed E-state index contributed by atoms with van der Waals surface area (Å²) in [5, 5.41) is 5.38. The van der Waals surface area contributed by atoms with Crippen molar-refractivity contribution in [1.29, 1.82) is 0 Å². The molecule has 0 aliphatic carbocycles. The maximum atomic E-state index is 6.59. The first-order chi connectivity index (χ1) is 16.0. The second kappa shape index (κ2) is 11.2. The zero-order chi connectivity index (χ0) is 23.2. The molecule has 7 heteroatoms. The molecule has 1 aliphatic heterocycles. The zero-order valence-electron chi connectivity index (χ0n) is 18.5.